The van der Waals surface area contributed by atoms with E-state index in [4.69, 9.17) is 11.6 Å². The Labute approximate surface area is 169 Å². The predicted octanol–water partition coefficient (Wildman–Crippen LogP) is 6.36. The molecule has 136 valence electrons. The lowest BCUT2D eigenvalue weighted by Gasteiger charge is -2.11. The van der Waals surface area contributed by atoms with Crippen molar-refractivity contribution in [2.24, 2.45) is 0 Å². The largest absolute Gasteiger partial charge is 0.318 e. The average Bonchev–Trinajstić information content (AvgIpc) is 2.99. The van der Waals surface area contributed by atoms with Crippen molar-refractivity contribution in [3.05, 3.63) is 94.4 Å². The molecule has 0 aliphatic heterocycles. The lowest BCUT2D eigenvalue weighted by molar-refractivity contribution is 0.966. The molecule has 4 rings (SSSR count). The molecule has 3 nitrogen and oxygen atoms in total. The summed E-state index contributed by atoms with van der Waals surface area (Å²) in [5, 5.41) is 11.3. The minimum Gasteiger partial charge on any atom is -0.318 e. The molecule has 0 aliphatic rings. The van der Waals surface area contributed by atoms with Crippen molar-refractivity contribution in [3.8, 4) is 11.8 Å². The van der Waals surface area contributed by atoms with E-state index in [1.165, 1.54) is 0 Å². The van der Waals surface area contributed by atoms with Crippen LogP contribution in [0.3, 0.4) is 0 Å². The van der Waals surface area contributed by atoms with Gasteiger partial charge in [0.05, 0.1) is 17.2 Å². The van der Waals surface area contributed by atoms with Crippen LogP contribution in [0.1, 0.15) is 22.5 Å². The standard InChI is InChI=1S/C24H18ClN3/c1-16-12-19(13-20(15-26)22-7-3-4-8-23(22)25)17(2)28(16)21-9-10-24-18(14-21)6-5-11-27-24/h3-14H,1-2H3. The van der Waals surface area contributed by atoms with Crippen molar-refractivity contribution >= 4 is 34.2 Å². The Balaban J connectivity index is 1.83. The van der Waals surface area contributed by atoms with Gasteiger partial charge in [0.15, 0.2) is 0 Å². The summed E-state index contributed by atoms with van der Waals surface area (Å²) in [5.74, 6) is 0. The molecule has 0 bridgehead atoms. The quantitative estimate of drug-likeness (QED) is 0.386. The summed E-state index contributed by atoms with van der Waals surface area (Å²) >= 11 is 6.29. The average molecular weight is 384 g/mol. The number of nitriles is 1. The Morgan fingerprint density at radius 1 is 1.07 bits per heavy atom. The molecule has 0 atom stereocenters. The van der Waals surface area contributed by atoms with E-state index in [1.54, 1.807) is 12.3 Å². The molecular weight excluding hydrogens is 366 g/mol. The summed E-state index contributed by atoms with van der Waals surface area (Å²) in [7, 11) is 0. The van der Waals surface area contributed by atoms with Gasteiger partial charge in [-0.1, -0.05) is 35.9 Å². The third-order valence-corrected chi connectivity index (χ3v) is 5.23. The number of allylic oxidation sites excluding steroid dienone is 1. The van der Waals surface area contributed by atoms with Gasteiger partial charge in [0, 0.05) is 39.2 Å². The molecule has 0 amide bonds. The van der Waals surface area contributed by atoms with E-state index in [9.17, 15) is 5.26 Å². The number of fused-ring (bicyclic) bond motifs is 1. The van der Waals surface area contributed by atoms with E-state index in [0.717, 1.165) is 39.1 Å². The normalized spacial score (nSPS) is 11.6. The first-order chi connectivity index (χ1) is 13.6. The fourth-order valence-corrected chi connectivity index (χ4v) is 3.78. The molecule has 2 aromatic carbocycles. The van der Waals surface area contributed by atoms with Gasteiger partial charge in [-0.15, -0.1) is 0 Å². The second-order valence-electron chi connectivity index (χ2n) is 6.69. The highest BCUT2D eigenvalue weighted by Gasteiger charge is 2.12. The molecule has 0 unspecified atom stereocenters. The Kier molecular flexibility index (Phi) is 4.73. The van der Waals surface area contributed by atoms with Crippen LogP contribution in [0.5, 0.6) is 0 Å². The molecule has 4 heteroatoms. The highest BCUT2D eigenvalue weighted by molar-refractivity contribution is 6.32. The maximum absolute atomic E-state index is 9.68. The van der Waals surface area contributed by atoms with Crippen LogP contribution in [0, 0.1) is 25.2 Å². The smallest absolute Gasteiger partial charge is 0.0998 e. The summed E-state index contributed by atoms with van der Waals surface area (Å²) in [6.45, 7) is 4.13. The third kappa shape index (κ3) is 3.19. The van der Waals surface area contributed by atoms with Gasteiger partial charge in [-0.3, -0.25) is 4.98 Å². The number of halogens is 1. The van der Waals surface area contributed by atoms with Crippen LogP contribution < -0.4 is 0 Å². The van der Waals surface area contributed by atoms with Gasteiger partial charge in [0.2, 0.25) is 0 Å². The minimum atomic E-state index is 0.550. The van der Waals surface area contributed by atoms with Gasteiger partial charge in [-0.2, -0.15) is 5.26 Å². The van der Waals surface area contributed by atoms with Crippen molar-refractivity contribution in [2.45, 2.75) is 13.8 Å². The van der Waals surface area contributed by atoms with Crippen LogP contribution in [0.25, 0.3) is 28.2 Å². The number of aryl methyl sites for hydroxylation is 1. The summed E-state index contributed by atoms with van der Waals surface area (Å²) < 4.78 is 2.19. The molecule has 2 heterocycles. The first kappa shape index (κ1) is 18.0. The van der Waals surface area contributed by atoms with E-state index >= 15 is 0 Å². The summed E-state index contributed by atoms with van der Waals surface area (Å²) in [4.78, 5) is 4.39. The maximum Gasteiger partial charge on any atom is 0.0998 e. The maximum atomic E-state index is 9.68. The van der Waals surface area contributed by atoms with Crippen LogP contribution in [-0.4, -0.2) is 9.55 Å². The second kappa shape index (κ2) is 7.34. The van der Waals surface area contributed by atoms with Crippen molar-refractivity contribution < 1.29 is 0 Å². The van der Waals surface area contributed by atoms with E-state index in [1.807, 2.05) is 36.4 Å². The van der Waals surface area contributed by atoms with Crippen molar-refractivity contribution in [3.63, 3.8) is 0 Å². The molecule has 2 aromatic heterocycles. The van der Waals surface area contributed by atoms with Crippen LogP contribution in [0.15, 0.2) is 66.9 Å². The zero-order chi connectivity index (χ0) is 19.7. The van der Waals surface area contributed by atoms with Gasteiger partial charge in [0.25, 0.3) is 0 Å². The van der Waals surface area contributed by atoms with Gasteiger partial charge in [-0.25, -0.2) is 0 Å². The Morgan fingerprint density at radius 2 is 1.89 bits per heavy atom. The number of pyridine rings is 1. The molecule has 0 aliphatic carbocycles. The zero-order valence-corrected chi connectivity index (χ0v) is 16.4. The minimum absolute atomic E-state index is 0.550. The summed E-state index contributed by atoms with van der Waals surface area (Å²) in [6, 6.07) is 22.0. The fraction of sp³-hybridized carbons (Fsp3) is 0.0833. The van der Waals surface area contributed by atoms with E-state index in [2.05, 4.69) is 53.7 Å². The zero-order valence-electron chi connectivity index (χ0n) is 15.6. The fourth-order valence-electron chi connectivity index (χ4n) is 3.54. The Morgan fingerprint density at radius 3 is 2.68 bits per heavy atom. The van der Waals surface area contributed by atoms with E-state index in [-0.39, 0.29) is 0 Å². The first-order valence-electron chi connectivity index (χ1n) is 8.99. The van der Waals surface area contributed by atoms with Gasteiger partial charge < -0.3 is 4.57 Å². The van der Waals surface area contributed by atoms with Crippen molar-refractivity contribution in [1.82, 2.24) is 9.55 Å². The number of benzene rings is 2. The topological polar surface area (TPSA) is 41.6 Å². The Hall–Kier alpha value is -3.35. The molecule has 0 radical (unpaired) electrons. The van der Waals surface area contributed by atoms with E-state index in [0.29, 0.717) is 10.6 Å². The Bertz CT molecular complexity index is 1260. The summed E-state index contributed by atoms with van der Waals surface area (Å²) in [6.07, 6.45) is 3.71. The highest BCUT2D eigenvalue weighted by Crippen LogP contribution is 2.29. The molecule has 0 spiro atoms. The van der Waals surface area contributed by atoms with Crippen molar-refractivity contribution in [1.29, 1.82) is 5.26 Å². The van der Waals surface area contributed by atoms with Crippen molar-refractivity contribution in [2.75, 3.05) is 0 Å². The number of aromatic nitrogens is 2. The number of rotatable bonds is 3. The SMILES string of the molecule is Cc1cc(C=C(C#N)c2ccccc2Cl)c(C)n1-c1ccc2ncccc2c1. The molecule has 0 N–H and O–H groups in total. The van der Waals surface area contributed by atoms with Gasteiger partial charge >= 0.3 is 0 Å². The van der Waals surface area contributed by atoms with Gasteiger partial charge in [-0.05, 0) is 61.9 Å². The van der Waals surface area contributed by atoms with Crippen LogP contribution in [0.4, 0.5) is 0 Å². The number of hydrogen-bond acceptors (Lipinski definition) is 2. The molecule has 0 saturated carbocycles. The number of nitrogens with zero attached hydrogens (tertiary/aromatic N) is 3. The van der Waals surface area contributed by atoms with Crippen LogP contribution >= 0.6 is 11.6 Å². The van der Waals surface area contributed by atoms with Gasteiger partial charge in [0.1, 0.15) is 0 Å². The molecule has 4 aromatic rings. The highest BCUT2D eigenvalue weighted by atomic mass is 35.5. The van der Waals surface area contributed by atoms with E-state index < -0.39 is 0 Å². The molecule has 28 heavy (non-hydrogen) atoms. The molecule has 0 fully saturated rings. The van der Waals surface area contributed by atoms with Crippen LogP contribution in [0.2, 0.25) is 5.02 Å². The second-order valence-corrected chi connectivity index (χ2v) is 7.10. The predicted molar refractivity (Wildman–Crippen MR) is 115 cm³/mol. The molecular formula is C24H18ClN3. The van der Waals surface area contributed by atoms with Crippen LogP contribution in [-0.2, 0) is 0 Å². The lowest BCUT2D eigenvalue weighted by atomic mass is 10.0. The monoisotopic (exact) mass is 383 g/mol. The third-order valence-electron chi connectivity index (χ3n) is 4.90. The first-order valence-corrected chi connectivity index (χ1v) is 9.37. The lowest BCUT2D eigenvalue weighted by Crippen LogP contribution is -1.99. The molecule has 0 saturated heterocycles. The summed E-state index contributed by atoms with van der Waals surface area (Å²) in [5.41, 5.74) is 6.51. The number of hydrogen-bond donors (Lipinski definition) is 0.